The van der Waals surface area contributed by atoms with Crippen molar-refractivity contribution in [2.45, 2.75) is 0 Å². The molecule has 0 saturated carbocycles. The van der Waals surface area contributed by atoms with Gasteiger partial charge in [0.25, 0.3) is 11.8 Å². The number of amides is 2. The second-order valence-electron chi connectivity index (χ2n) is 4.93. The normalized spacial score (nSPS) is 11.5. The van der Waals surface area contributed by atoms with Gasteiger partial charge in [-0.1, -0.05) is 34.1 Å². The van der Waals surface area contributed by atoms with Crippen molar-refractivity contribution < 1.29 is 14.0 Å². The lowest BCUT2D eigenvalue weighted by Gasteiger charge is -2.03. The van der Waals surface area contributed by atoms with E-state index in [1.54, 1.807) is 54.6 Å². The Kier molecular flexibility index (Phi) is 4.43. The summed E-state index contributed by atoms with van der Waals surface area (Å²) in [6, 6.07) is 15.4. The molecular formula is C17H12BrN3O3. The third-order valence-electron chi connectivity index (χ3n) is 3.27. The molecule has 0 saturated heterocycles. The maximum absolute atomic E-state index is 12.0. The van der Waals surface area contributed by atoms with E-state index in [0.29, 0.717) is 16.5 Å². The van der Waals surface area contributed by atoms with Gasteiger partial charge in [0.05, 0.1) is 0 Å². The quantitative estimate of drug-likeness (QED) is 0.677. The summed E-state index contributed by atoms with van der Waals surface area (Å²) in [5, 5.41) is 4.58. The molecule has 1 aromatic heterocycles. The molecule has 3 rings (SSSR count). The Morgan fingerprint density at radius 2 is 1.83 bits per heavy atom. The third-order valence-corrected chi connectivity index (χ3v) is 3.76. The zero-order chi connectivity index (χ0) is 17.1. The fraction of sp³-hybridized carbons (Fsp3) is 0. The highest BCUT2D eigenvalue weighted by Gasteiger charge is 2.10. The van der Waals surface area contributed by atoms with Gasteiger partial charge in [-0.25, -0.2) is 5.43 Å². The fourth-order valence-electron chi connectivity index (χ4n) is 2.12. The Morgan fingerprint density at radius 3 is 2.54 bits per heavy atom. The van der Waals surface area contributed by atoms with Crippen LogP contribution >= 0.6 is 15.9 Å². The minimum absolute atomic E-state index is 0.0541. The second-order valence-corrected chi connectivity index (χ2v) is 5.85. The van der Waals surface area contributed by atoms with Crippen molar-refractivity contribution in [3.63, 3.8) is 0 Å². The summed E-state index contributed by atoms with van der Waals surface area (Å²) in [7, 11) is 0. The Balaban J connectivity index is 2.04. The first kappa shape index (κ1) is 15.9. The highest BCUT2D eigenvalue weighted by Crippen LogP contribution is 2.19. The van der Waals surface area contributed by atoms with Crippen molar-refractivity contribution >= 4 is 38.7 Å². The molecule has 0 radical (unpaired) electrons. The van der Waals surface area contributed by atoms with E-state index in [9.17, 15) is 9.59 Å². The summed E-state index contributed by atoms with van der Waals surface area (Å²) >= 11 is 3.35. The number of carbonyl (C=O) groups is 2. The van der Waals surface area contributed by atoms with E-state index in [1.165, 1.54) is 0 Å². The van der Waals surface area contributed by atoms with Crippen LogP contribution in [0.5, 0.6) is 0 Å². The maximum Gasteiger partial charge on any atom is 0.271 e. The highest BCUT2D eigenvalue weighted by molar-refractivity contribution is 9.10. The van der Waals surface area contributed by atoms with E-state index in [1.807, 2.05) is 0 Å². The molecule has 24 heavy (non-hydrogen) atoms. The summed E-state index contributed by atoms with van der Waals surface area (Å²) in [5.74, 6) is -1.12. The van der Waals surface area contributed by atoms with Gasteiger partial charge in [-0.2, -0.15) is 0 Å². The number of benzene rings is 2. The first-order valence-corrected chi connectivity index (χ1v) is 7.76. The van der Waals surface area contributed by atoms with E-state index in [4.69, 9.17) is 10.2 Å². The molecule has 3 N–H and O–H groups in total. The maximum atomic E-state index is 12.0. The Hall–Kier alpha value is -2.93. The predicted octanol–water partition coefficient (Wildman–Crippen LogP) is 2.54. The van der Waals surface area contributed by atoms with Gasteiger partial charge in [0.1, 0.15) is 11.1 Å². The van der Waals surface area contributed by atoms with Crippen molar-refractivity contribution in [3.05, 3.63) is 75.8 Å². The van der Waals surface area contributed by atoms with Crippen molar-refractivity contribution in [1.29, 1.82) is 0 Å². The van der Waals surface area contributed by atoms with Crippen LogP contribution in [0.2, 0.25) is 0 Å². The molecule has 2 amide bonds. The number of carbonyl (C=O) groups excluding carboxylic acids is 2. The number of primary amides is 1. The summed E-state index contributed by atoms with van der Waals surface area (Å²) < 4.78 is 6.43. The molecule has 0 atom stereocenters. The molecule has 6 nitrogen and oxygen atoms in total. The first-order valence-electron chi connectivity index (χ1n) is 6.97. The van der Waals surface area contributed by atoms with Crippen LogP contribution in [0.25, 0.3) is 11.0 Å². The van der Waals surface area contributed by atoms with Crippen LogP contribution in [0.3, 0.4) is 0 Å². The van der Waals surface area contributed by atoms with E-state index in [2.05, 4.69) is 26.5 Å². The highest BCUT2D eigenvalue weighted by atomic mass is 79.9. The number of nitrogens with zero attached hydrogens (tertiary/aromatic N) is 1. The van der Waals surface area contributed by atoms with E-state index < -0.39 is 11.8 Å². The van der Waals surface area contributed by atoms with Gasteiger partial charge in [0.2, 0.25) is 5.55 Å². The molecule has 0 aliphatic rings. The molecule has 120 valence electrons. The summed E-state index contributed by atoms with van der Waals surface area (Å²) in [4.78, 5) is 23.7. The van der Waals surface area contributed by atoms with E-state index in [0.717, 1.165) is 4.47 Å². The van der Waals surface area contributed by atoms with Gasteiger partial charge < -0.3 is 10.2 Å². The first-order chi connectivity index (χ1) is 11.5. The smallest absolute Gasteiger partial charge is 0.271 e. The molecule has 2 aromatic carbocycles. The number of nitrogens with one attached hydrogen (secondary N) is 1. The lowest BCUT2D eigenvalue weighted by Crippen LogP contribution is -2.27. The molecule has 0 aliphatic heterocycles. The number of hydrogen-bond donors (Lipinski definition) is 2. The van der Waals surface area contributed by atoms with Gasteiger partial charge in [0.15, 0.2) is 0 Å². The zero-order valence-corrected chi connectivity index (χ0v) is 13.9. The van der Waals surface area contributed by atoms with Crippen molar-refractivity contribution in [2.75, 3.05) is 0 Å². The van der Waals surface area contributed by atoms with Gasteiger partial charge in [-0.15, -0.1) is 5.10 Å². The largest absolute Gasteiger partial charge is 0.436 e. The molecule has 0 spiro atoms. The molecular weight excluding hydrogens is 374 g/mol. The molecule has 3 aromatic rings. The molecule has 0 bridgehead atoms. The van der Waals surface area contributed by atoms with Crippen LogP contribution in [0.15, 0.2) is 68.6 Å². The van der Waals surface area contributed by atoms with Gasteiger partial charge in [0, 0.05) is 15.4 Å². The summed E-state index contributed by atoms with van der Waals surface area (Å²) in [6.07, 6.45) is 0. The van der Waals surface area contributed by atoms with Crippen molar-refractivity contribution in [2.24, 2.45) is 10.8 Å². The fourth-order valence-corrected chi connectivity index (χ4v) is 2.50. The number of halogens is 1. The van der Waals surface area contributed by atoms with E-state index >= 15 is 0 Å². The molecule has 0 unspecified atom stereocenters. The Morgan fingerprint density at radius 1 is 1.08 bits per heavy atom. The molecule has 0 aliphatic carbocycles. The lowest BCUT2D eigenvalue weighted by molar-refractivity contribution is 0.0946. The monoisotopic (exact) mass is 385 g/mol. The van der Waals surface area contributed by atoms with Gasteiger partial charge >= 0.3 is 0 Å². The van der Waals surface area contributed by atoms with Crippen LogP contribution in [-0.2, 0) is 0 Å². The predicted molar refractivity (Wildman–Crippen MR) is 91.9 cm³/mol. The van der Waals surface area contributed by atoms with Gasteiger partial charge in [-0.05, 0) is 36.4 Å². The van der Waals surface area contributed by atoms with Crippen molar-refractivity contribution in [1.82, 2.24) is 5.43 Å². The SMILES string of the molecule is NC(=O)c1cc2cc(Br)ccc2o/c1=N\NC(=O)c1ccccc1. The van der Waals surface area contributed by atoms with E-state index in [-0.39, 0.29) is 11.1 Å². The van der Waals surface area contributed by atoms with Crippen LogP contribution in [0.4, 0.5) is 0 Å². The number of rotatable bonds is 3. The summed E-state index contributed by atoms with van der Waals surface area (Å²) in [6.45, 7) is 0. The number of fused-ring (bicyclic) bond motifs is 1. The topological polar surface area (TPSA) is 97.7 Å². The van der Waals surface area contributed by atoms with Crippen molar-refractivity contribution in [3.8, 4) is 0 Å². The minimum atomic E-state index is -0.701. The number of nitrogens with two attached hydrogens (primary N) is 1. The van der Waals surface area contributed by atoms with Crippen LogP contribution in [0.1, 0.15) is 20.7 Å². The second kappa shape index (κ2) is 6.67. The average molecular weight is 386 g/mol. The minimum Gasteiger partial charge on any atom is -0.436 e. The summed E-state index contributed by atoms with van der Waals surface area (Å²) in [5.41, 5.74) is 8.71. The molecule has 0 fully saturated rings. The number of hydrogen-bond acceptors (Lipinski definition) is 4. The molecule has 7 heteroatoms. The van der Waals surface area contributed by atoms with Crippen LogP contribution in [0, 0.1) is 0 Å². The lowest BCUT2D eigenvalue weighted by atomic mass is 10.2. The standard InChI is InChI=1S/C17H12BrN3O3/c18-12-6-7-14-11(8-12)9-13(15(19)22)17(24-14)21-20-16(23)10-4-2-1-3-5-10/h1-9H,(H2,19,22)(H,20,23)/b21-17-. The van der Waals surface area contributed by atoms with Crippen LogP contribution < -0.4 is 16.7 Å². The average Bonchev–Trinajstić information content (AvgIpc) is 2.59. The molecule has 1 heterocycles. The Bertz CT molecular complexity index is 997. The van der Waals surface area contributed by atoms with Crippen LogP contribution in [-0.4, -0.2) is 11.8 Å². The Labute approximate surface area is 145 Å². The zero-order valence-electron chi connectivity index (χ0n) is 12.3. The third kappa shape index (κ3) is 3.36. The van der Waals surface area contributed by atoms with Gasteiger partial charge in [-0.3, -0.25) is 9.59 Å².